The van der Waals surface area contributed by atoms with E-state index in [4.69, 9.17) is 4.74 Å². The van der Waals surface area contributed by atoms with Crippen LogP contribution in [0.15, 0.2) is 71.6 Å². The van der Waals surface area contributed by atoms with E-state index in [9.17, 15) is 13.2 Å². The first-order valence-corrected chi connectivity index (χ1v) is 12.7. The lowest BCUT2D eigenvalue weighted by atomic mass is 10.0. The number of likely N-dealkylation sites (N-methyl/N-ethyl adjacent to an activating group) is 1. The Morgan fingerprint density at radius 3 is 2.32 bits per heavy atom. The minimum absolute atomic E-state index is 0.107. The van der Waals surface area contributed by atoms with E-state index in [1.54, 1.807) is 25.3 Å². The van der Waals surface area contributed by atoms with Crippen LogP contribution in [0.1, 0.15) is 25.5 Å². The average Bonchev–Trinajstić information content (AvgIpc) is 2.82. The Morgan fingerprint density at radius 1 is 0.971 bits per heavy atom. The number of amides is 1. The Balaban J connectivity index is 1.76. The normalized spacial score (nSPS) is 13.7. The number of hydrogen-bond acceptors (Lipinski definition) is 5. The van der Waals surface area contributed by atoms with Gasteiger partial charge in [0, 0.05) is 6.54 Å². The zero-order chi connectivity index (χ0) is 24.9. The molecule has 0 aliphatic rings. The second-order valence-corrected chi connectivity index (χ2v) is 10.6. The van der Waals surface area contributed by atoms with Gasteiger partial charge in [0.2, 0.25) is 15.9 Å². The van der Waals surface area contributed by atoms with Crippen molar-refractivity contribution in [1.82, 2.24) is 14.9 Å². The maximum absolute atomic E-state index is 13.1. The first-order valence-electron chi connectivity index (χ1n) is 11.2. The van der Waals surface area contributed by atoms with Crippen LogP contribution in [-0.4, -0.2) is 53.0 Å². The summed E-state index contributed by atoms with van der Waals surface area (Å²) in [6.45, 7) is 3.96. The summed E-state index contributed by atoms with van der Waals surface area (Å²) < 4.78 is 34.2. The van der Waals surface area contributed by atoms with Gasteiger partial charge in [-0.2, -0.15) is 4.72 Å². The third kappa shape index (κ3) is 6.14. The van der Waals surface area contributed by atoms with Gasteiger partial charge in [0.1, 0.15) is 11.8 Å². The highest BCUT2D eigenvalue weighted by molar-refractivity contribution is 7.89. The molecule has 3 aromatic rings. The largest absolute Gasteiger partial charge is 0.497 e. The fourth-order valence-electron chi connectivity index (χ4n) is 3.82. The SMILES string of the molecule is COc1cccc([C@H](CNC(=O)[C@H](NS(=O)(=O)c2ccc3ccccc3c2)C(C)C)N(C)C)c1. The summed E-state index contributed by atoms with van der Waals surface area (Å²) in [4.78, 5) is 15.2. The molecule has 7 nitrogen and oxygen atoms in total. The third-order valence-corrected chi connectivity index (χ3v) is 7.27. The molecule has 34 heavy (non-hydrogen) atoms. The number of nitrogens with one attached hydrogen (secondary N) is 2. The highest BCUT2D eigenvalue weighted by atomic mass is 32.2. The maximum atomic E-state index is 13.1. The molecule has 0 unspecified atom stereocenters. The molecule has 0 saturated carbocycles. The maximum Gasteiger partial charge on any atom is 0.241 e. The lowest BCUT2D eigenvalue weighted by molar-refractivity contribution is -0.123. The highest BCUT2D eigenvalue weighted by Crippen LogP contribution is 2.23. The van der Waals surface area contributed by atoms with E-state index in [1.165, 1.54) is 0 Å². The molecule has 0 heterocycles. The van der Waals surface area contributed by atoms with Crippen LogP contribution in [0.4, 0.5) is 0 Å². The number of fused-ring (bicyclic) bond motifs is 1. The minimum Gasteiger partial charge on any atom is -0.497 e. The standard InChI is InChI=1S/C26H33N3O4S/c1-18(2)25(28-34(31,32)23-14-13-19-9-6-7-10-20(19)16-23)26(30)27-17-24(29(3)4)21-11-8-12-22(15-21)33-5/h6-16,18,24-25,28H,17H2,1-5H3,(H,27,30)/t24-,25+/m0/s1. The van der Waals surface area contributed by atoms with Crippen molar-refractivity contribution in [2.75, 3.05) is 27.7 Å². The van der Waals surface area contributed by atoms with Crippen molar-refractivity contribution in [3.8, 4) is 5.75 Å². The molecule has 3 aromatic carbocycles. The molecule has 0 saturated heterocycles. The Hall–Kier alpha value is -2.94. The zero-order valence-corrected chi connectivity index (χ0v) is 21.1. The lowest BCUT2D eigenvalue weighted by Crippen LogP contribution is -2.50. The van der Waals surface area contributed by atoms with E-state index in [0.29, 0.717) is 6.54 Å². The molecule has 0 aliphatic heterocycles. The summed E-state index contributed by atoms with van der Waals surface area (Å²) in [7, 11) is 1.58. The molecule has 0 aromatic heterocycles. The summed E-state index contributed by atoms with van der Waals surface area (Å²) in [5, 5.41) is 4.71. The first-order chi connectivity index (χ1) is 16.1. The van der Waals surface area contributed by atoms with E-state index in [1.807, 2.05) is 81.4 Å². The number of benzene rings is 3. The molecular weight excluding hydrogens is 450 g/mol. The summed E-state index contributed by atoms with van der Waals surface area (Å²) in [5.74, 6) is 0.123. The predicted molar refractivity (Wildman–Crippen MR) is 135 cm³/mol. The number of carbonyl (C=O) groups excluding carboxylic acids is 1. The van der Waals surface area contributed by atoms with Crippen molar-refractivity contribution < 1.29 is 17.9 Å². The van der Waals surface area contributed by atoms with Crippen LogP contribution in [0.3, 0.4) is 0 Å². The summed E-state index contributed by atoms with van der Waals surface area (Å²) in [6, 6.07) is 19.2. The summed E-state index contributed by atoms with van der Waals surface area (Å²) in [6.07, 6.45) is 0. The lowest BCUT2D eigenvalue weighted by Gasteiger charge is -2.27. The molecular formula is C26H33N3O4S. The molecule has 2 atom stereocenters. The van der Waals surface area contributed by atoms with Crippen molar-refractivity contribution in [3.63, 3.8) is 0 Å². The minimum atomic E-state index is -3.89. The molecule has 8 heteroatoms. The number of sulfonamides is 1. The van der Waals surface area contributed by atoms with Gasteiger partial charge in [-0.3, -0.25) is 4.79 Å². The molecule has 0 bridgehead atoms. The molecule has 0 spiro atoms. The van der Waals surface area contributed by atoms with Gasteiger partial charge in [-0.1, -0.05) is 56.3 Å². The van der Waals surface area contributed by atoms with Crippen molar-refractivity contribution in [3.05, 3.63) is 72.3 Å². The number of carbonyl (C=O) groups is 1. The van der Waals surface area contributed by atoms with Crippen molar-refractivity contribution in [2.45, 2.75) is 30.8 Å². The fraction of sp³-hybridized carbons (Fsp3) is 0.346. The molecule has 182 valence electrons. The van der Waals surface area contributed by atoms with E-state index in [2.05, 4.69) is 10.0 Å². The highest BCUT2D eigenvalue weighted by Gasteiger charge is 2.29. The van der Waals surface area contributed by atoms with Crippen LogP contribution in [-0.2, 0) is 14.8 Å². The molecule has 0 aliphatic carbocycles. The smallest absolute Gasteiger partial charge is 0.241 e. The van der Waals surface area contributed by atoms with Gasteiger partial charge in [-0.05, 0) is 60.6 Å². The fourth-order valence-corrected chi connectivity index (χ4v) is 5.20. The number of nitrogens with zero attached hydrogens (tertiary/aromatic N) is 1. The van der Waals surface area contributed by atoms with Gasteiger partial charge >= 0.3 is 0 Å². The second kappa shape index (κ2) is 11.0. The molecule has 2 N–H and O–H groups in total. The average molecular weight is 484 g/mol. The van der Waals surface area contributed by atoms with Crippen LogP contribution >= 0.6 is 0 Å². The monoisotopic (exact) mass is 483 g/mol. The van der Waals surface area contributed by atoms with Gasteiger partial charge < -0.3 is 15.0 Å². The van der Waals surface area contributed by atoms with Crippen LogP contribution in [0.2, 0.25) is 0 Å². The van der Waals surface area contributed by atoms with Gasteiger partial charge in [-0.15, -0.1) is 0 Å². The molecule has 0 radical (unpaired) electrons. The predicted octanol–water partition coefficient (Wildman–Crippen LogP) is 3.57. The summed E-state index contributed by atoms with van der Waals surface area (Å²) in [5.41, 5.74) is 0.988. The van der Waals surface area contributed by atoms with Crippen LogP contribution in [0, 0.1) is 5.92 Å². The summed E-state index contributed by atoms with van der Waals surface area (Å²) >= 11 is 0. The molecule has 1 amide bonds. The number of ether oxygens (including phenoxy) is 1. The van der Waals surface area contributed by atoms with E-state index >= 15 is 0 Å². The van der Waals surface area contributed by atoms with Gasteiger partial charge in [0.05, 0.1) is 18.0 Å². The van der Waals surface area contributed by atoms with Crippen molar-refractivity contribution in [2.24, 2.45) is 5.92 Å². The van der Waals surface area contributed by atoms with Crippen LogP contribution in [0.5, 0.6) is 5.75 Å². The number of methoxy groups -OCH3 is 1. The first kappa shape index (κ1) is 25.7. The van der Waals surface area contributed by atoms with E-state index in [0.717, 1.165) is 22.1 Å². The van der Waals surface area contributed by atoms with Gasteiger partial charge in [-0.25, -0.2) is 8.42 Å². The topological polar surface area (TPSA) is 87.7 Å². The van der Waals surface area contributed by atoms with Gasteiger partial charge in [0.25, 0.3) is 0 Å². The Morgan fingerprint density at radius 2 is 1.68 bits per heavy atom. The molecule has 3 rings (SSSR count). The number of hydrogen-bond donors (Lipinski definition) is 2. The Labute approximate surface area is 202 Å². The van der Waals surface area contributed by atoms with Crippen LogP contribution < -0.4 is 14.8 Å². The quantitative estimate of drug-likeness (QED) is 0.460. The Bertz CT molecular complexity index is 1240. The van der Waals surface area contributed by atoms with Crippen LogP contribution in [0.25, 0.3) is 10.8 Å². The number of rotatable bonds is 10. The Kier molecular flexibility index (Phi) is 8.30. The van der Waals surface area contributed by atoms with E-state index in [-0.39, 0.29) is 22.8 Å². The van der Waals surface area contributed by atoms with Gasteiger partial charge in [0.15, 0.2) is 0 Å². The van der Waals surface area contributed by atoms with Crippen molar-refractivity contribution in [1.29, 1.82) is 0 Å². The third-order valence-electron chi connectivity index (χ3n) is 5.83. The zero-order valence-electron chi connectivity index (χ0n) is 20.3. The van der Waals surface area contributed by atoms with E-state index < -0.39 is 16.1 Å². The van der Waals surface area contributed by atoms with Crippen molar-refractivity contribution >= 4 is 26.7 Å². The second-order valence-electron chi connectivity index (χ2n) is 8.85. The molecule has 0 fully saturated rings.